The minimum absolute atomic E-state index is 0.0236. The van der Waals surface area contributed by atoms with E-state index in [1.54, 1.807) is 0 Å². The Morgan fingerprint density at radius 3 is 2.81 bits per heavy atom. The average molecular weight is 267 g/mol. The molecule has 1 rings (SSSR count). The summed E-state index contributed by atoms with van der Waals surface area (Å²) in [5, 5.41) is 12.2. The van der Waals surface area contributed by atoms with Crippen LogP contribution in [0.5, 0.6) is 0 Å². The van der Waals surface area contributed by atoms with Gasteiger partial charge in [-0.1, -0.05) is 23.2 Å². The molecule has 0 fully saturated rings. The highest BCUT2D eigenvalue weighted by molar-refractivity contribution is 6.41. The maximum atomic E-state index is 11.6. The third-order valence-electron chi connectivity index (χ3n) is 1.81. The summed E-state index contributed by atoms with van der Waals surface area (Å²) in [7, 11) is 1.32. The maximum Gasteiger partial charge on any atom is 0.331 e. The van der Waals surface area contributed by atoms with Crippen LogP contribution in [-0.2, 0) is 9.53 Å². The van der Waals surface area contributed by atoms with Gasteiger partial charge in [0.15, 0.2) is 6.04 Å². The van der Waals surface area contributed by atoms with Crippen LogP contribution in [0.15, 0.2) is 11.0 Å². The molecule has 1 atom stereocenters. The van der Waals surface area contributed by atoms with Crippen molar-refractivity contribution in [2.75, 3.05) is 13.7 Å². The zero-order valence-corrected chi connectivity index (χ0v) is 9.70. The van der Waals surface area contributed by atoms with Gasteiger partial charge in [-0.05, 0) is 0 Å². The second-order valence-corrected chi connectivity index (χ2v) is 3.65. The van der Waals surface area contributed by atoms with Crippen molar-refractivity contribution in [1.29, 1.82) is 0 Å². The zero-order valence-electron chi connectivity index (χ0n) is 8.18. The second kappa shape index (κ2) is 5.29. The highest BCUT2D eigenvalue weighted by Crippen LogP contribution is 2.16. The van der Waals surface area contributed by atoms with Gasteiger partial charge in [-0.15, -0.1) is 0 Å². The Morgan fingerprint density at radius 2 is 2.31 bits per heavy atom. The standard InChI is InChI=1S/C8H8Cl2N2O4/c1-16-3-5(8(14)15)12-7(13)6(10)4(9)2-11-12/h2,5H,3H2,1H3,(H,14,15). The number of carboxylic acids is 1. The van der Waals surface area contributed by atoms with Gasteiger partial charge in [0.25, 0.3) is 5.56 Å². The summed E-state index contributed by atoms with van der Waals surface area (Å²) in [5.74, 6) is -1.24. The minimum Gasteiger partial charge on any atom is -0.480 e. The first-order valence-electron chi connectivity index (χ1n) is 4.13. The van der Waals surface area contributed by atoms with Crippen molar-refractivity contribution in [3.8, 4) is 0 Å². The van der Waals surface area contributed by atoms with Gasteiger partial charge in [0.1, 0.15) is 5.02 Å². The topological polar surface area (TPSA) is 81.4 Å². The average Bonchev–Trinajstić information content (AvgIpc) is 2.24. The van der Waals surface area contributed by atoms with Gasteiger partial charge in [0, 0.05) is 7.11 Å². The van der Waals surface area contributed by atoms with E-state index in [9.17, 15) is 9.59 Å². The van der Waals surface area contributed by atoms with Crippen LogP contribution in [0.25, 0.3) is 0 Å². The molecule has 16 heavy (non-hydrogen) atoms. The summed E-state index contributed by atoms with van der Waals surface area (Å²) in [6.07, 6.45) is 1.11. The predicted octanol–water partition coefficient (Wildman–Crippen LogP) is 0.822. The molecular weight excluding hydrogens is 259 g/mol. The summed E-state index contributed by atoms with van der Waals surface area (Å²) >= 11 is 11.2. The van der Waals surface area contributed by atoms with Gasteiger partial charge in [0.2, 0.25) is 0 Å². The van der Waals surface area contributed by atoms with E-state index < -0.39 is 17.6 Å². The van der Waals surface area contributed by atoms with Gasteiger partial charge >= 0.3 is 5.97 Å². The lowest BCUT2D eigenvalue weighted by Crippen LogP contribution is -2.34. The first kappa shape index (κ1) is 13.0. The molecule has 0 radical (unpaired) electrons. The Kier molecular flexibility index (Phi) is 4.28. The van der Waals surface area contributed by atoms with Gasteiger partial charge < -0.3 is 9.84 Å². The molecule has 0 aromatic carbocycles. The van der Waals surface area contributed by atoms with Crippen molar-refractivity contribution in [3.05, 3.63) is 26.6 Å². The number of hydrogen-bond donors (Lipinski definition) is 1. The molecule has 0 bridgehead atoms. The Balaban J connectivity index is 3.26. The summed E-state index contributed by atoms with van der Waals surface area (Å²) in [6.45, 7) is -0.194. The fraction of sp³-hybridized carbons (Fsp3) is 0.375. The quantitative estimate of drug-likeness (QED) is 0.873. The molecule has 0 saturated heterocycles. The van der Waals surface area contributed by atoms with E-state index in [0.717, 1.165) is 10.9 Å². The van der Waals surface area contributed by atoms with Crippen LogP contribution < -0.4 is 5.56 Å². The SMILES string of the molecule is COCC(C(=O)O)n1ncc(Cl)c(Cl)c1=O. The van der Waals surface area contributed by atoms with Gasteiger partial charge in [-0.2, -0.15) is 5.10 Å². The van der Waals surface area contributed by atoms with E-state index in [1.807, 2.05) is 0 Å². The van der Waals surface area contributed by atoms with Gasteiger partial charge in [-0.25, -0.2) is 9.48 Å². The van der Waals surface area contributed by atoms with Crippen molar-refractivity contribution in [2.45, 2.75) is 6.04 Å². The molecule has 1 heterocycles. The molecule has 0 aliphatic carbocycles. The van der Waals surface area contributed by atoms with Crippen LogP contribution in [0, 0.1) is 0 Å². The molecule has 0 aliphatic rings. The summed E-state index contributed by atoms with van der Waals surface area (Å²) in [5.41, 5.74) is -0.765. The summed E-state index contributed by atoms with van der Waals surface area (Å²) in [4.78, 5) is 22.5. The normalized spacial score (nSPS) is 12.4. The van der Waals surface area contributed by atoms with E-state index in [-0.39, 0.29) is 16.7 Å². The number of hydrogen-bond acceptors (Lipinski definition) is 4. The largest absolute Gasteiger partial charge is 0.480 e. The summed E-state index contributed by atoms with van der Waals surface area (Å²) < 4.78 is 5.41. The van der Waals surface area contributed by atoms with Crippen LogP contribution in [0.4, 0.5) is 0 Å². The van der Waals surface area contributed by atoms with Crippen LogP contribution in [0.2, 0.25) is 10.0 Å². The molecule has 0 saturated carbocycles. The number of carbonyl (C=O) groups is 1. The van der Waals surface area contributed by atoms with Gasteiger partial charge in [-0.3, -0.25) is 4.79 Å². The van der Waals surface area contributed by atoms with Crippen molar-refractivity contribution >= 4 is 29.2 Å². The second-order valence-electron chi connectivity index (χ2n) is 2.87. The molecular formula is C8H8Cl2N2O4. The highest BCUT2D eigenvalue weighted by atomic mass is 35.5. The Morgan fingerprint density at radius 1 is 1.69 bits per heavy atom. The monoisotopic (exact) mass is 266 g/mol. The van der Waals surface area contributed by atoms with E-state index in [1.165, 1.54) is 7.11 Å². The third kappa shape index (κ3) is 2.52. The molecule has 1 N–H and O–H groups in total. The first-order valence-corrected chi connectivity index (χ1v) is 4.89. The fourth-order valence-corrected chi connectivity index (χ4v) is 1.31. The predicted molar refractivity (Wildman–Crippen MR) is 57.1 cm³/mol. The minimum atomic E-state index is -1.24. The van der Waals surface area contributed by atoms with Crippen LogP contribution >= 0.6 is 23.2 Å². The summed E-state index contributed by atoms with van der Waals surface area (Å²) in [6, 6.07) is -1.23. The molecule has 1 unspecified atom stereocenters. The molecule has 0 spiro atoms. The lowest BCUT2D eigenvalue weighted by molar-refractivity contribution is -0.143. The molecule has 1 aromatic rings. The van der Waals surface area contributed by atoms with E-state index in [4.69, 9.17) is 28.3 Å². The first-order chi connectivity index (χ1) is 7.49. The Labute approximate surface area is 100 Å². The van der Waals surface area contributed by atoms with Crippen molar-refractivity contribution < 1.29 is 14.6 Å². The Hall–Kier alpha value is -1.11. The number of aromatic nitrogens is 2. The third-order valence-corrected chi connectivity index (χ3v) is 2.55. The van der Waals surface area contributed by atoms with Crippen LogP contribution in [-0.4, -0.2) is 34.6 Å². The molecule has 0 aliphatic heterocycles. The van der Waals surface area contributed by atoms with Crippen molar-refractivity contribution in [1.82, 2.24) is 9.78 Å². The fourth-order valence-electron chi connectivity index (χ4n) is 1.05. The smallest absolute Gasteiger partial charge is 0.331 e. The zero-order chi connectivity index (χ0) is 12.3. The number of ether oxygens (including phenoxy) is 1. The number of aliphatic carboxylic acids is 1. The van der Waals surface area contributed by atoms with Crippen LogP contribution in [0.3, 0.4) is 0 Å². The number of carboxylic acid groups (broad SMARTS) is 1. The molecule has 88 valence electrons. The van der Waals surface area contributed by atoms with Crippen molar-refractivity contribution in [3.63, 3.8) is 0 Å². The van der Waals surface area contributed by atoms with Gasteiger partial charge in [0.05, 0.1) is 17.8 Å². The maximum absolute atomic E-state index is 11.6. The lowest BCUT2D eigenvalue weighted by atomic mass is 10.3. The lowest BCUT2D eigenvalue weighted by Gasteiger charge is -2.13. The van der Waals surface area contributed by atoms with Crippen LogP contribution in [0.1, 0.15) is 6.04 Å². The van der Waals surface area contributed by atoms with E-state index in [0.29, 0.717) is 0 Å². The molecule has 6 nitrogen and oxygen atoms in total. The molecule has 1 aromatic heterocycles. The molecule has 8 heteroatoms. The van der Waals surface area contributed by atoms with E-state index in [2.05, 4.69) is 9.84 Å². The van der Waals surface area contributed by atoms with Crippen molar-refractivity contribution in [2.24, 2.45) is 0 Å². The number of nitrogens with zero attached hydrogens (tertiary/aromatic N) is 2. The number of rotatable bonds is 4. The Bertz CT molecular complexity index is 460. The highest BCUT2D eigenvalue weighted by Gasteiger charge is 2.23. The number of halogens is 2. The molecule has 0 amide bonds. The van der Waals surface area contributed by atoms with E-state index >= 15 is 0 Å². The number of methoxy groups -OCH3 is 1.